The van der Waals surface area contributed by atoms with Gasteiger partial charge in [-0.05, 0) is 36.5 Å². The SMILES string of the molecule is CN(CC1CC(O)C1)S(=O)(=O)c1cccc(CN)c1. The minimum absolute atomic E-state index is 0.257. The summed E-state index contributed by atoms with van der Waals surface area (Å²) in [7, 11) is -1.89. The normalized spacial score (nSPS) is 23.4. The van der Waals surface area contributed by atoms with Crippen molar-refractivity contribution in [2.24, 2.45) is 11.7 Å². The van der Waals surface area contributed by atoms with Crippen molar-refractivity contribution in [1.82, 2.24) is 4.31 Å². The fourth-order valence-electron chi connectivity index (χ4n) is 2.32. The van der Waals surface area contributed by atoms with Gasteiger partial charge in [0.1, 0.15) is 0 Å². The maximum atomic E-state index is 12.4. The highest BCUT2D eigenvalue weighted by Gasteiger charge is 2.31. The van der Waals surface area contributed by atoms with E-state index in [0.29, 0.717) is 25.9 Å². The van der Waals surface area contributed by atoms with Gasteiger partial charge in [-0.2, -0.15) is 0 Å². The summed E-state index contributed by atoms with van der Waals surface area (Å²) >= 11 is 0. The van der Waals surface area contributed by atoms with Crippen LogP contribution in [0, 0.1) is 5.92 Å². The van der Waals surface area contributed by atoms with Crippen LogP contribution >= 0.6 is 0 Å². The average Bonchev–Trinajstić information content (AvgIpc) is 2.36. The molecule has 6 heteroatoms. The van der Waals surface area contributed by atoms with Crippen molar-refractivity contribution < 1.29 is 13.5 Å². The van der Waals surface area contributed by atoms with Gasteiger partial charge in [-0.1, -0.05) is 12.1 Å². The number of nitrogens with zero attached hydrogens (tertiary/aromatic N) is 1. The third kappa shape index (κ3) is 3.14. The maximum Gasteiger partial charge on any atom is 0.242 e. The van der Waals surface area contributed by atoms with Crippen LogP contribution in [0.5, 0.6) is 0 Å². The molecule has 1 aromatic carbocycles. The molecule has 0 atom stereocenters. The highest BCUT2D eigenvalue weighted by molar-refractivity contribution is 7.89. The number of rotatable bonds is 5. The van der Waals surface area contributed by atoms with E-state index >= 15 is 0 Å². The molecule has 0 aromatic heterocycles. The molecule has 1 aliphatic carbocycles. The topological polar surface area (TPSA) is 83.6 Å². The summed E-state index contributed by atoms with van der Waals surface area (Å²) in [6.45, 7) is 0.772. The molecule has 0 aliphatic heterocycles. The summed E-state index contributed by atoms with van der Waals surface area (Å²) in [4.78, 5) is 0.276. The number of sulfonamides is 1. The Bertz CT molecular complexity index is 539. The van der Waals surface area contributed by atoms with E-state index in [2.05, 4.69) is 0 Å². The van der Waals surface area contributed by atoms with E-state index in [1.54, 1.807) is 31.3 Å². The van der Waals surface area contributed by atoms with Crippen LogP contribution in [0.25, 0.3) is 0 Å². The minimum atomic E-state index is -3.46. The Morgan fingerprint density at radius 3 is 2.68 bits per heavy atom. The molecule has 0 amide bonds. The van der Waals surface area contributed by atoms with E-state index in [9.17, 15) is 13.5 Å². The lowest BCUT2D eigenvalue weighted by atomic mass is 9.82. The molecule has 1 saturated carbocycles. The number of benzene rings is 1. The Hall–Kier alpha value is -0.950. The van der Waals surface area contributed by atoms with Gasteiger partial charge in [-0.3, -0.25) is 0 Å². The first-order valence-electron chi connectivity index (χ1n) is 6.37. The zero-order chi connectivity index (χ0) is 14.0. The molecule has 19 heavy (non-hydrogen) atoms. The summed E-state index contributed by atoms with van der Waals surface area (Å²) in [5.41, 5.74) is 6.33. The number of aliphatic hydroxyl groups excluding tert-OH is 1. The molecule has 0 bridgehead atoms. The molecule has 1 aliphatic rings. The van der Waals surface area contributed by atoms with Gasteiger partial charge >= 0.3 is 0 Å². The van der Waals surface area contributed by atoms with Gasteiger partial charge in [0.05, 0.1) is 11.0 Å². The fraction of sp³-hybridized carbons (Fsp3) is 0.538. The van der Waals surface area contributed by atoms with E-state index in [0.717, 1.165) is 5.56 Å². The Kier molecular flexibility index (Phi) is 4.25. The summed E-state index contributed by atoms with van der Waals surface area (Å²) < 4.78 is 26.1. The predicted molar refractivity (Wildman–Crippen MR) is 72.9 cm³/mol. The third-order valence-electron chi connectivity index (χ3n) is 3.57. The second-order valence-corrected chi connectivity index (χ2v) is 7.17. The molecule has 0 radical (unpaired) electrons. The van der Waals surface area contributed by atoms with E-state index in [-0.39, 0.29) is 16.9 Å². The molecular formula is C13H20N2O3S. The van der Waals surface area contributed by atoms with Crippen LogP contribution in [0.1, 0.15) is 18.4 Å². The summed E-state index contributed by atoms with van der Waals surface area (Å²) in [6, 6.07) is 6.71. The highest BCUT2D eigenvalue weighted by Crippen LogP contribution is 2.29. The van der Waals surface area contributed by atoms with Crippen molar-refractivity contribution >= 4 is 10.0 Å². The van der Waals surface area contributed by atoms with E-state index in [1.807, 2.05) is 0 Å². The Morgan fingerprint density at radius 1 is 1.42 bits per heavy atom. The second kappa shape index (κ2) is 5.58. The largest absolute Gasteiger partial charge is 0.393 e. The molecule has 0 unspecified atom stereocenters. The molecule has 0 heterocycles. The van der Waals surface area contributed by atoms with Crippen molar-refractivity contribution in [3.63, 3.8) is 0 Å². The standard InChI is InChI=1S/C13H20N2O3S/c1-15(9-11-5-12(16)6-11)19(17,18)13-4-2-3-10(7-13)8-14/h2-4,7,11-12,16H,5-6,8-9,14H2,1H3. The van der Waals surface area contributed by atoms with Crippen molar-refractivity contribution in [3.8, 4) is 0 Å². The minimum Gasteiger partial charge on any atom is -0.393 e. The van der Waals surface area contributed by atoms with Crippen LogP contribution in [0.3, 0.4) is 0 Å². The van der Waals surface area contributed by atoms with Gasteiger partial charge in [0.25, 0.3) is 0 Å². The molecule has 3 N–H and O–H groups in total. The van der Waals surface area contributed by atoms with Crippen LogP contribution in [-0.2, 0) is 16.6 Å². The van der Waals surface area contributed by atoms with E-state index in [4.69, 9.17) is 5.73 Å². The average molecular weight is 284 g/mol. The summed E-state index contributed by atoms with van der Waals surface area (Å²) in [6.07, 6.45) is 1.10. The van der Waals surface area contributed by atoms with Crippen molar-refractivity contribution in [3.05, 3.63) is 29.8 Å². The zero-order valence-electron chi connectivity index (χ0n) is 11.0. The molecule has 2 rings (SSSR count). The lowest BCUT2D eigenvalue weighted by Crippen LogP contribution is -2.39. The van der Waals surface area contributed by atoms with Crippen LogP contribution in [0.4, 0.5) is 0 Å². The number of aliphatic hydroxyl groups is 1. The van der Waals surface area contributed by atoms with Gasteiger partial charge in [0.2, 0.25) is 10.0 Å². The van der Waals surface area contributed by atoms with Crippen molar-refractivity contribution in [1.29, 1.82) is 0 Å². The summed E-state index contributed by atoms with van der Waals surface area (Å²) in [5, 5.41) is 9.24. The van der Waals surface area contributed by atoms with Crippen molar-refractivity contribution in [2.75, 3.05) is 13.6 Å². The maximum absolute atomic E-state index is 12.4. The number of hydrogen-bond donors (Lipinski definition) is 2. The highest BCUT2D eigenvalue weighted by atomic mass is 32.2. The molecule has 1 fully saturated rings. The van der Waals surface area contributed by atoms with Gasteiger partial charge < -0.3 is 10.8 Å². The van der Waals surface area contributed by atoms with E-state index < -0.39 is 10.0 Å². The monoisotopic (exact) mass is 284 g/mol. The molecule has 0 saturated heterocycles. The van der Waals surface area contributed by atoms with Crippen LogP contribution in [0.15, 0.2) is 29.2 Å². The molecule has 1 aromatic rings. The Labute approximate surface area is 114 Å². The van der Waals surface area contributed by atoms with Gasteiger partial charge in [-0.15, -0.1) is 0 Å². The van der Waals surface area contributed by atoms with Crippen LogP contribution in [0.2, 0.25) is 0 Å². The number of nitrogens with two attached hydrogens (primary N) is 1. The van der Waals surface area contributed by atoms with Gasteiger partial charge in [0.15, 0.2) is 0 Å². The molecule has 0 spiro atoms. The van der Waals surface area contributed by atoms with Gasteiger partial charge in [0, 0.05) is 20.1 Å². The molecule has 5 nitrogen and oxygen atoms in total. The van der Waals surface area contributed by atoms with Crippen LogP contribution < -0.4 is 5.73 Å². The van der Waals surface area contributed by atoms with E-state index in [1.165, 1.54) is 4.31 Å². The first kappa shape index (κ1) is 14.5. The van der Waals surface area contributed by atoms with Gasteiger partial charge in [-0.25, -0.2) is 12.7 Å². The number of hydrogen-bond acceptors (Lipinski definition) is 4. The lowest BCUT2D eigenvalue weighted by molar-refractivity contribution is 0.0367. The first-order chi connectivity index (χ1) is 8.93. The third-order valence-corrected chi connectivity index (χ3v) is 5.39. The predicted octanol–water partition coefficient (Wildman–Crippen LogP) is 0.537. The van der Waals surface area contributed by atoms with Crippen molar-refractivity contribution in [2.45, 2.75) is 30.4 Å². The lowest BCUT2D eigenvalue weighted by Gasteiger charge is -2.34. The first-order valence-corrected chi connectivity index (χ1v) is 7.81. The summed E-state index contributed by atoms with van der Waals surface area (Å²) in [5.74, 6) is 0.257. The fourth-order valence-corrected chi connectivity index (χ4v) is 3.64. The zero-order valence-corrected chi connectivity index (χ0v) is 11.8. The Balaban J connectivity index is 2.11. The Morgan fingerprint density at radius 2 is 2.11 bits per heavy atom. The smallest absolute Gasteiger partial charge is 0.242 e. The van der Waals surface area contributed by atoms with Crippen LogP contribution in [-0.4, -0.2) is 37.5 Å². The molecule has 106 valence electrons. The quantitative estimate of drug-likeness (QED) is 0.826. The molecular weight excluding hydrogens is 264 g/mol. The second-order valence-electron chi connectivity index (χ2n) is 5.13.